The van der Waals surface area contributed by atoms with Gasteiger partial charge in [0.05, 0.1) is 23.9 Å². The van der Waals surface area contributed by atoms with E-state index in [1.807, 2.05) is 36.1 Å². The highest BCUT2D eigenvalue weighted by molar-refractivity contribution is 6.02. The van der Waals surface area contributed by atoms with E-state index in [0.717, 1.165) is 36.8 Å². The third kappa shape index (κ3) is 8.61. The van der Waals surface area contributed by atoms with Gasteiger partial charge in [0.1, 0.15) is 12.1 Å². The van der Waals surface area contributed by atoms with Gasteiger partial charge in [0.15, 0.2) is 5.69 Å². The molecule has 4 amide bonds. The summed E-state index contributed by atoms with van der Waals surface area (Å²) in [5.74, 6) is -0.777. The van der Waals surface area contributed by atoms with Crippen molar-refractivity contribution in [3.63, 3.8) is 0 Å². The largest absolute Gasteiger partial charge is 0.444 e. The monoisotopic (exact) mass is 700 g/mol. The Hall–Kier alpha value is -4.71. The van der Waals surface area contributed by atoms with E-state index in [2.05, 4.69) is 13.8 Å². The van der Waals surface area contributed by atoms with E-state index in [-0.39, 0.29) is 49.5 Å². The molecule has 274 valence electrons. The number of unbranched alkanes of at least 4 members (excludes halogenated alkanes) is 2. The molecule has 0 saturated carbocycles. The Labute approximate surface area is 300 Å². The van der Waals surface area contributed by atoms with Crippen LogP contribution in [0.1, 0.15) is 98.0 Å². The lowest BCUT2D eigenvalue weighted by molar-refractivity contribution is -0.121. The van der Waals surface area contributed by atoms with Crippen molar-refractivity contribution in [1.82, 2.24) is 24.5 Å². The molecule has 0 unspecified atom stereocenters. The minimum absolute atomic E-state index is 0.148. The van der Waals surface area contributed by atoms with Gasteiger partial charge >= 0.3 is 6.09 Å². The Morgan fingerprint density at radius 2 is 1.65 bits per heavy atom. The van der Waals surface area contributed by atoms with E-state index >= 15 is 0 Å². The van der Waals surface area contributed by atoms with Crippen molar-refractivity contribution in [2.75, 3.05) is 44.2 Å². The van der Waals surface area contributed by atoms with Gasteiger partial charge in [-0.05, 0) is 82.3 Å². The number of ether oxygens (including phenoxy) is 1. The third-order valence-corrected chi connectivity index (χ3v) is 9.41. The average molecular weight is 701 g/mol. The molecule has 1 saturated heterocycles. The zero-order valence-electron chi connectivity index (χ0n) is 30.9. The number of aliphatic hydroxyl groups excluding tert-OH is 1. The van der Waals surface area contributed by atoms with E-state index in [1.54, 1.807) is 59.5 Å². The van der Waals surface area contributed by atoms with Crippen LogP contribution in [-0.2, 0) is 22.5 Å². The van der Waals surface area contributed by atoms with Crippen LogP contribution >= 0.6 is 0 Å². The van der Waals surface area contributed by atoms with E-state index in [9.17, 15) is 24.3 Å². The molecule has 0 spiro atoms. The van der Waals surface area contributed by atoms with E-state index in [4.69, 9.17) is 9.84 Å². The summed E-state index contributed by atoms with van der Waals surface area (Å²) in [5, 5.41) is 15.2. The molecule has 12 heteroatoms. The fraction of sp³-hybridized carbons (Fsp3) is 0.513. The van der Waals surface area contributed by atoms with Crippen LogP contribution in [0.3, 0.4) is 0 Å². The van der Waals surface area contributed by atoms with Crippen LogP contribution in [-0.4, -0.2) is 104 Å². The van der Waals surface area contributed by atoms with Gasteiger partial charge in [-0.15, -0.1) is 0 Å². The summed E-state index contributed by atoms with van der Waals surface area (Å²) in [4.78, 5) is 61.1. The quantitative estimate of drug-likeness (QED) is 0.285. The van der Waals surface area contributed by atoms with Crippen LogP contribution in [0.4, 0.5) is 10.5 Å². The van der Waals surface area contributed by atoms with Gasteiger partial charge in [-0.2, -0.15) is 5.10 Å². The van der Waals surface area contributed by atoms with Crippen LogP contribution in [0.25, 0.3) is 5.69 Å². The summed E-state index contributed by atoms with van der Waals surface area (Å²) in [7, 11) is 0. The summed E-state index contributed by atoms with van der Waals surface area (Å²) in [6.07, 6.45) is 3.68. The number of hydrogen-bond acceptors (Lipinski definition) is 7. The Morgan fingerprint density at radius 1 is 0.961 bits per heavy atom. The Bertz CT molecular complexity index is 1740. The molecular weight excluding hydrogens is 648 g/mol. The first-order valence-electron chi connectivity index (χ1n) is 18.1. The van der Waals surface area contributed by atoms with Crippen molar-refractivity contribution in [2.45, 2.75) is 91.8 Å². The lowest BCUT2D eigenvalue weighted by Crippen LogP contribution is -2.53. The molecule has 0 aliphatic carbocycles. The summed E-state index contributed by atoms with van der Waals surface area (Å²) >= 11 is 0. The molecule has 12 nitrogen and oxygen atoms in total. The standard InChI is InChI=1S/C39H52N6O6/c1-7-9-17-41(18-10-8-2)37(49)33-21-27(3)45(40-33)34-16-15-30(43-20-19-42(25-35(43)47)38(50)51-39(4,5)6)23-32(34)36(48)44-24-29-14-12-11-13-28(29)22-31(44)26-46/h11-16,21,23,31,46H,7-10,17-20,22,24-26H2,1-6H3/t31-/m0/s1. The average Bonchev–Trinajstić information content (AvgIpc) is 3.50. The van der Waals surface area contributed by atoms with Crippen molar-refractivity contribution in [1.29, 1.82) is 0 Å². The number of amides is 4. The molecule has 1 fully saturated rings. The topological polar surface area (TPSA) is 129 Å². The molecule has 3 aromatic rings. The van der Waals surface area contributed by atoms with Gasteiger partial charge < -0.3 is 24.5 Å². The van der Waals surface area contributed by atoms with Crippen LogP contribution in [0.15, 0.2) is 48.5 Å². The van der Waals surface area contributed by atoms with Gasteiger partial charge in [-0.3, -0.25) is 19.3 Å². The van der Waals surface area contributed by atoms with E-state index in [0.29, 0.717) is 48.8 Å². The highest BCUT2D eigenvalue weighted by atomic mass is 16.6. The van der Waals surface area contributed by atoms with Gasteiger partial charge in [0, 0.05) is 44.1 Å². The zero-order chi connectivity index (χ0) is 36.9. The maximum Gasteiger partial charge on any atom is 0.410 e. The normalized spacial score (nSPS) is 16.3. The van der Waals surface area contributed by atoms with E-state index in [1.165, 1.54) is 4.90 Å². The molecule has 1 atom stereocenters. The number of aliphatic hydroxyl groups is 1. The summed E-state index contributed by atoms with van der Waals surface area (Å²) in [5.41, 5.74) is 3.62. The van der Waals surface area contributed by atoms with Gasteiger partial charge in [0.25, 0.3) is 11.8 Å². The number of carbonyl (C=O) groups excluding carboxylic acids is 4. The van der Waals surface area contributed by atoms with Crippen LogP contribution < -0.4 is 4.90 Å². The Morgan fingerprint density at radius 3 is 2.27 bits per heavy atom. The summed E-state index contributed by atoms with van der Waals surface area (Å²) in [6, 6.07) is 14.4. The summed E-state index contributed by atoms with van der Waals surface area (Å²) < 4.78 is 7.11. The Balaban J connectivity index is 1.52. The minimum Gasteiger partial charge on any atom is -0.444 e. The second-order valence-electron chi connectivity index (χ2n) is 14.5. The number of rotatable bonds is 11. The molecule has 1 aromatic heterocycles. The van der Waals surface area contributed by atoms with E-state index < -0.39 is 17.7 Å². The molecule has 2 aromatic carbocycles. The number of aromatic nitrogens is 2. The highest BCUT2D eigenvalue weighted by Crippen LogP contribution is 2.30. The first-order valence-corrected chi connectivity index (χ1v) is 18.1. The van der Waals surface area contributed by atoms with Crippen LogP contribution in [0.2, 0.25) is 0 Å². The molecule has 2 aliphatic heterocycles. The van der Waals surface area contributed by atoms with Crippen molar-refractivity contribution in [3.05, 3.63) is 76.6 Å². The van der Waals surface area contributed by atoms with Crippen LogP contribution in [0.5, 0.6) is 0 Å². The molecule has 0 bridgehead atoms. The predicted molar refractivity (Wildman–Crippen MR) is 195 cm³/mol. The SMILES string of the molecule is CCCCN(CCCC)C(=O)c1cc(C)n(-c2ccc(N3CCN(C(=O)OC(C)(C)C)CC3=O)cc2C(=O)N2Cc3ccccc3C[C@H]2CO)n1. The van der Waals surface area contributed by atoms with Gasteiger partial charge in [-0.25, -0.2) is 9.48 Å². The van der Waals surface area contributed by atoms with Crippen LogP contribution in [0, 0.1) is 6.92 Å². The molecule has 2 aliphatic rings. The molecule has 3 heterocycles. The number of nitrogens with zero attached hydrogens (tertiary/aromatic N) is 6. The molecular formula is C39H52N6O6. The predicted octanol–water partition coefficient (Wildman–Crippen LogP) is 5.37. The maximum atomic E-state index is 14.7. The van der Waals surface area contributed by atoms with Crippen molar-refractivity contribution < 1.29 is 29.0 Å². The first kappa shape index (κ1) is 37.5. The highest BCUT2D eigenvalue weighted by Gasteiger charge is 2.35. The summed E-state index contributed by atoms with van der Waals surface area (Å²) in [6.45, 7) is 13.1. The fourth-order valence-electron chi connectivity index (χ4n) is 6.62. The number of aryl methyl sites for hydroxylation is 1. The smallest absolute Gasteiger partial charge is 0.410 e. The van der Waals surface area contributed by atoms with Gasteiger partial charge in [0.2, 0.25) is 5.91 Å². The maximum absolute atomic E-state index is 14.7. The second-order valence-corrected chi connectivity index (χ2v) is 14.5. The first-order chi connectivity index (χ1) is 24.3. The number of hydrogen-bond donors (Lipinski definition) is 1. The second kappa shape index (κ2) is 16.1. The zero-order valence-corrected chi connectivity index (χ0v) is 30.9. The Kier molecular flexibility index (Phi) is 11.8. The lowest BCUT2D eigenvalue weighted by atomic mass is 9.93. The molecule has 1 N–H and O–H groups in total. The fourth-order valence-corrected chi connectivity index (χ4v) is 6.62. The molecule has 5 rings (SSSR count). The van der Waals surface area contributed by atoms with Crippen molar-refractivity contribution in [3.8, 4) is 5.69 Å². The van der Waals surface area contributed by atoms with Crippen molar-refractivity contribution >= 4 is 29.5 Å². The minimum atomic E-state index is -0.692. The van der Waals surface area contributed by atoms with Crippen molar-refractivity contribution in [2.24, 2.45) is 0 Å². The molecule has 51 heavy (non-hydrogen) atoms. The number of fused-ring (bicyclic) bond motifs is 1. The van der Waals surface area contributed by atoms with Gasteiger partial charge in [-0.1, -0.05) is 51.0 Å². The lowest BCUT2D eigenvalue weighted by Gasteiger charge is -2.37. The number of anilines is 1. The number of benzene rings is 2. The molecule has 0 radical (unpaired) electrons. The third-order valence-electron chi connectivity index (χ3n) is 9.41. The number of carbonyl (C=O) groups is 4. The number of piperazine rings is 1.